The molecule has 3 N–H and O–H groups in total. The number of hydrogen-bond acceptors (Lipinski definition) is 4. The quantitative estimate of drug-likeness (QED) is 0.864. The molecule has 5 heteroatoms. The van der Waals surface area contributed by atoms with Crippen LogP contribution in [0, 0.1) is 11.8 Å². The lowest BCUT2D eigenvalue weighted by molar-refractivity contribution is 0.419. The van der Waals surface area contributed by atoms with Crippen LogP contribution in [-0.4, -0.2) is 34.8 Å². The number of aromatic amines is 1. The van der Waals surface area contributed by atoms with Gasteiger partial charge in [-0.2, -0.15) is 4.98 Å². The van der Waals surface area contributed by atoms with Gasteiger partial charge in [0.1, 0.15) is 5.82 Å². The molecule has 1 atom stereocenters. The SMILES string of the molecule is NCC1CCCN(c2n[nH]c(CCC3CCCC3)n2)C1. The van der Waals surface area contributed by atoms with E-state index in [0.29, 0.717) is 5.92 Å². The van der Waals surface area contributed by atoms with E-state index in [4.69, 9.17) is 5.73 Å². The van der Waals surface area contributed by atoms with Crippen LogP contribution in [0.1, 0.15) is 50.8 Å². The van der Waals surface area contributed by atoms with Gasteiger partial charge in [-0.05, 0) is 37.6 Å². The minimum atomic E-state index is 0.601. The van der Waals surface area contributed by atoms with Crippen LogP contribution in [-0.2, 0) is 6.42 Å². The van der Waals surface area contributed by atoms with E-state index < -0.39 is 0 Å². The summed E-state index contributed by atoms with van der Waals surface area (Å²) in [6.07, 6.45) is 10.4. The number of aryl methyl sites for hydroxylation is 1. The molecule has 2 aliphatic rings. The van der Waals surface area contributed by atoms with Crippen LogP contribution in [0.5, 0.6) is 0 Å². The van der Waals surface area contributed by atoms with E-state index >= 15 is 0 Å². The maximum Gasteiger partial charge on any atom is 0.244 e. The number of anilines is 1. The molecule has 1 saturated carbocycles. The van der Waals surface area contributed by atoms with Gasteiger partial charge in [-0.1, -0.05) is 25.7 Å². The van der Waals surface area contributed by atoms with Crippen molar-refractivity contribution in [3.05, 3.63) is 5.82 Å². The van der Waals surface area contributed by atoms with Crippen LogP contribution in [0.4, 0.5) is 5.95 Å². The van der Waals surface area contributed by atoms with Crippen LogP contribution in [0.2, 0.25) is 0 Å². The van der Waals surface area contributed by atoms with Gasteiger partial charge in [-0.15, -0.1) is 5.10 Å². The van der Waals surface area contributed by atoms with Crippen LogP contribution >= 0.6 is 0 Å². The van der Waals surface area contributed by atoms with Crippen LogP contribution in [0.25, 0.3) is 0 Å². The lowest BCUT2D eigenvalue weighted by Gasteiger charge is -2.31. The van der Waals surface area contributed by atoms with Gasteiger partial charge in [0.25, 0.3) is 0 Å². The average Bonchev–Trinajstić information content (AvgIpc) is 3.16. The van der Waals surface area contributed by atoms with Gasteiger partial charge < -0.3 is 10.6 Å². The summed E-state index contributed by atoms with van der Waals surface area (Å²) in [5, 5.41) is 7.53. The van der Waals surface area contributed by atoms with Gasteiger partial charge in [-0.25, -0.2) is 0 Å². The second-order valence-corrected chi connectivity index (χ2v) is 6.46. The molecule has 0 amide bonds. The van der Waals surface area contributed by atoms with E-state index in [-0.39, 0.29) is 0 Å². The molecule has 1 aromatic rings. The number of piperidine rings is 1. The molecule has 20 heavy (non-hydrogen) atoms. The summed E-state index contributed by atoms with van der Waals surface area (Å²) in [5.74, 6) is 3.45. The Hall–Kier alpha value is -1.10. The predicted molar refractivity (Wildman–Crippen MR) is 80.7 cm³/mol. The summed E-state index contributed by atoms with van der Waals surface area (Å²) in [7, 11) is 0. The Morgan fingerprint density at radius 2 is 1.95 bits per heavy atom. The van der Waals surface area contributed by atoms with E-state index in [1.807, 2.05) is 0 Å². The van der Waals surface area contributed by atoms with Crippen molar-refractivity contribution in [3.63, 3.8) is 0 Å². The molecular weight excluding hydrogens is 250 g/mol. The average molecular weight is 277 g/mol. The topological polar surface area (TPSA) is 70.8 Å². The smallest absolute Gasteiger partial charge is 0.244 e. The van der Waals surface area contributed by atoms with Crippen LogP contribution in [0.15, 0.2) is 0 Å². The molecule has 3 rings (SSSR count). The van der Waals surface area contributed by atoms with Gasteiger partial charge >= 0.3 is 0 Å². The fourth-order valence-electron chi connectivity index (χ4n) is 3.62. The molecule has 1 aromatic heterocycles. The van der Waals surface area contributed by atoms with Crippen molar-refractivity contribution in [2.75, 3.05) is 24.5 Å². The third kappa shape index (κ3) is 3.32. The van der Waals surface area contributed by atoms with E-state index in [1.165, 1.54) is 44.9 Å². The Balaban J connectivity index is 1.53. The summed E-state index contributed by atoms with van der Waals surface area (Å²) in [5.41, 5.74) is 5.79. The second-order valence-electron chi connectivity index (χ2n) is 6.46. The lowest BCUT2D eigenvalue weighted by Crippen LogP contribution is -2.39. The number of nitrogens with two attached hydrogens (primary N) is 1. The number of aromatic nitrogens is 3. The Labute approximate surface area is 121 Å². The standard InChI is InChI=1S/C15H27N5/c16-10-13-6-3-9-20(11-13)15-17-14(18-19-15)8-7-12-4-1-2-5-12/h12-13H,1-11,16H2,(H,17,18,19). The first-order valence-electron chi connectivity index (χ1n) is 8.21. The zero-order valence-corrected chi connectivity index (χ0v) is 12.4. The Morgan fingerprint density at radius 3 is 2.75 bits per heavy atom. The molecule has 2 heterocycles. The van der Waals surface area contributed by atoms with Crippen molar-refractivity contribution in [2.24, 2.45) is 17.6 Å². The molecule has 1 saturated heterocycles. The van der Waals surface area contributed by atoms with Gasteiger partial charge in [0.05, 0.1) is 0 Å². The molecule has 1 unspecified atom stereocenters. The van der Waals surface area contributed by atoms with E-state index in [1.54, 1.807) is 0 Å². The molecular formula is C15H27N5. The van der Waals surface area contributed by atoms with E-state index in [0.717, 1.165) is 43.7 Å². The largest absolute Gasteiger partial charge is 0.339 e. The van der Waals surface area contributed by atoms with E-state index in [2.05, 4.69) is 20.1 Å². The zero-order valence-electron chi connectivity index (χ0n) is 12.4. The van der Waals surface area contributed by atoms with Gasteiger partial charge in [-0.3, -0.25) is 5.10 Å². The fourth-order valence-corrected chi connectivity index (χ4v) is 3.62. The molecule has 2 fully saturated rings. The van der Waals surface area contributed by atoms with Gasteiger partial charge in [0, 0.05) is 19.5 Å². The first-order chi connectivity index (χ1) is 9.85. The summed E-state index contributed by atoms with van der Waals surface area (Å²) in [4.78, 5) is 6.97. The number of hydrogen-bond donors (Lipinski definition) is 2. The van der Waals surface area contributed by atoms with Crippen LogP contribution < -0.4 is 10.6 Å². The monoisotopic (exact) mass is 277 g/mol. The highest BCUT2D eigenvalue weighted by Gasteiger charge is 2.22. The highest BCUT2D eigenvalue weighted by molar-refractivity contribution is 5.29. The third-order valence-corrected chi connectivity index (χ3v) is 4.92. The fraction of sp³-hybridized carbons (Fsp3) is 0.867. The van der Waals surface area contributed by atoms with Gasteiger partial charge in [0.15, 0.2) is 0 Å². The molecule has 1 aliphatic carbocycles. The van der Waals surface area contributed by atoms with Crippen molar-refractivity contribution in [1.82, 2.24) is 15.2 Å². The normalized spacial score (nSPS) is 24.4. The summed E-state index contributed by atoms with van der Waals surface area (Å²) >= 11 is 0. The molecule has 0 radical (unpaired) electrons. The van der Waals surface area contributed by atoms with Crippen molar-refractivity contribution < 1.29 is 0 Å². The molecule has 0 bridgehead atoms. The predicted octanol–water partition coefficient (Wildman–Crippen LogP) is 2.10. The first-order valence-corrected chi connectivity index (χ1v) is 8.21. The highest BCUT2D eigenvalue weighted by atomic mass is 15.4. The molecule has 0 aromatic carbocycles. The van der Waals surface area contributed by atoms with E-state index in [9.17, 15) is 0 Å². The maximum absolute atomic E-state index is 5.79. The lowest BCUT2D eigenvalue weighted by atomic mass is 9.99. The van der Waals surface area contributed by atoms with Crippen molar-refractivity contribution in [2.45, 2.75) is 51.4 Å². The van der Waals surface area contributed by atoms with Crippen molar-refractivity contribution >= 4 is 5.95 Å². The van der Waals surface area contributed by atoms with Crippen LogP contribution in [0.3, 0.4) is 0 Å². The minimum Gasteiger partial charge on any atom is -0.339 e. The van der Waals surface area contributed by atoms with Gasteiger partial charge in [0.2, 0.25) is 5.95 Å². The summed E-state index contributed by atoms with van der Waals surface area (Å²) < 4.78 is 0. The minimum absolute atomic E-state index is 0.601. The van der Waals surface area contributed by atoms with Crippen molar-refractivity contribution in [3.8, 4) is 0 Å². The Bertz CT molecular complexity index is 410. The molecule has 0 spiro atoms. The third-order valence-electron chi connectivity index (χ3n) is 4.92. The highest BCUT2D eigenvalue weighted by Crippen LogP contribution is 2.28. The Morgan fingerprint density at radius 1 is 1.15 bits per heavy atom. The summed E-state index contributed by atoms with van der Waals surface area (Å²) in [6.45, 7) is 2.85. The number of nitrogens with zero attached hydrogens (tertiary/aromatic N) is 3. The molecule has 112 valence electrons. The first kappa shape index (κ1) is 13.9. The number of H-pyrrole nitrogens is 1. The van der Waals surface area contributed by atoms with Crippen molar-refractivity contribution in [1.29, 1.82) is 0 Å². The number of nitrogens with one attached hydrogen (secondary N) is 1. The molecule has 5 nitrogen and oxygen atoms in total. The summed E-state index contributed by atoms with van der Waals surface area (Å²) in [6, 6.07) is 0. The Kier molecular flexibility index (Phi) is 4.55. The second kappa shape index (κ2) is 6.57. The number of rotatable bonds is 5. The zero-order chi connectivity index (χ0) is 13.8. The molecule has 1 aliphatic heterocycles. The maximum atomic E-state index is 5.79.